The van der Waals surface area contributed by atoms with Crippen molar-refractivity contribution in [3.63, 3.8) is 0 Å². The predicted molar refractivity (Wildman–Crippen MR) is 88.5 cm³/mol. The van der Waals surface area contributed by atoms with E-state index < -0.39 is 6.10 Å². The second-order valence-corrected chi connectivity index (χ2v) is 6.86. The molecular weight excluding hydrogens is 375 g/mol. The molecule has 0 aliphatic carbocycles. The van der Waals surface area contributed by atoms with Crippen molar-refractivity contribution >= 4 is 39.1 Å². The van der Waals surface area contributed by atoms with Crippen LogP contribution in [-0.4, -0.2) is 11.7 Å². The highest BCUT2D eigenvalue weighted by Crippen LogP contribution is 2.36. The molecule has 1 aliphatic heterocycles. The summed E-state index contributed by atoms with van der Waals surface area (Å²) in [5.74, 6) is 0.861. The van der Waals surface area contributed by atoms with E-state index >= 15 is 0 Å². The number of hydrogen-bond donors (Lipinski definition) is 1. The molecule has 0 radical (unpaired) electrons. The molecule has 1 atom stereocenters. The predicted octanol–water partition coefficient (Wildman–Crippen LogP) is 4.97. The molecule has 2 aromatic rings. The first kappa shape index (κ1) is 15.2. The molecule has 1 aliphatic rings. The summed E-state index contributed by atoms with van der Waals surface area (Å²) in [7, 11) is 0. The molecule has 0 aromatic heterocycles. The molecule has 0 spiro atoms. The highest BCUT2D eigenvalue weighted by molar-refractivity contribution is 9.10. The van der Waals surface area contributed by atoms with E-state index in [0.717, 1.165) is 33.3 Å². The molecule has 1 unspecified atom stereocenters. The van der Waals surface area contributed by atoms with Crippen molar-refractivity contribution in [3.05, 3.63) is 61.5 Å². The Labute approximate surface area is 141 Å². The van der Waals surface area contributed by atoms with Gasteiger partial charge in [-0.15, -0.1) is 0 Å². The zero-order valence-electron chi connectivity index (χ0n) is 11.1. The number of aliphatic hydroxyl groups is 1. The lowest BCUT2D eigenvalue weighted by molar-refractivity contribution is 0.177. The van der Waals surface area contributed by atoms with Crippen LogP contribution in [0, 0.1) is 0 Å². The van der Waals surface area contributed by atoms with E-state index in [1.54, 1.807) is 12.1 Å². The summed E-state index contributed by atoms with van der Waals surface area (Å²) in [4.78, 5) is 0. The van der Waals surface area contributed by atoms with Gasteiger partial charge >= 0.3 is 0 Å². The molecule has 2 nitrogen and oxygen atoms in total. The number of ether oxygens (including phenoxy) is 1. The van der Waals surface area contributed by atoms with Gasteiger partial charge in [0.15, 0.2) is 0 Å². The molecule has 110 valence electrons. The normalized spacial score (nSPS) is 14.7. The van der Waals surface area contributed by atoms with Gasteiger partial charge in [-0.1, -0.05) is 39.1 Å². The summed E-state index contributed by atoms with van der Waals surface area (Å²) in [6.45, 7) is 0.668. The van der Waals surface area contributed by atoms with Crippen molar-refractivity contribution in [1.29, 1.82) is 0 Å². The van der Waals surface area contributed by atoms with Gasteiger partial charge in [0, 0.05) is 27.4 Å². The van der Waals surface area contributed by atoms with Crippen LogP contribution >= 0.6 is 39.1 Å². The van der Waals surface area contributed by atoms with Gasteiger partial charge < -0.3 is 9.84 Å². The van der Waals surface area contributed by atoms with Gasteiger partial charge in [-0.2, -0.15) is 0 Å². The van der Waals surface area contributed by atoms with Crippen LogP contribution in [0.1, 0.15) is 22.8 Å². The molecule has 21 heavy (non-hydrogen) atoms. The topological polar surface area (TPSA) is 29.5 Å². The Morgan fingerprint density at radius 2 is 1.90 bits per heavy atom. The minimum Gasteiger partial charge on any atom is -0.493 e. The summed E-state index contributed by atoms with van der Waals surface area (Å²) in [6, 6.07) is 9.20. The van der Waals surface area contributed by atoms with Gasteiger partial charge in [0.25, 0.3) is 0 Å². The monoisotopic (exact) mass is 386 g/mol. The lowest BCUT2D eigenvalue weighted by Gasteiger charge is -2.15. The lowest BCUT2D eigenvalue weighted by Crippen LogP contribution is -2.03. The Morgan fingerprint density at radius 1 is 1.14 bits per heavy atom. The first-order valence-electron chi connectivity index (χ1n) is 6.61. The molecule has 0 saturated carbocycles. The fourth-order valence-corrected chi connectivity index (χ4v) is 3.74. The average Bonchev–Trinajstić information content (AvgIpc) is 2.85. The standard InChI is InChI=1S/C16H13BrCl2O2/c17-12-3-10(5-14(19)8-12)15(20)7-11-6-13(18)4-9-1-2-21-16(9)11/h3-6,8,15,20H,1-2,7H2. The Morgan fingerprint density at radius 3 is 2.67 bits per heavy atom. The number of hydrogen-bond acceptors (Lipinski definition) is 2. The number of aliphatic hydroxyl groups excluding tert-OH is 1. The van der Waals surface area contributed by atoms with Gasteiger partial charge in [0.1, 0.15) is 5.75 Å². The number of fused-ring (bicyclic) bond motifs is 1. The van der Waals surface area contributed by atoms with Crippen molar-refractivity contribution in [2.75, 3.05) is 6.61 Å². The van der Waals surface area contributed by atoms with Crippen LogP contribution in [0.5, 0.6) is 5.75 Å². The van der Waals surface area contributed by atoms with E-state index in [4.69, 9.17) is 27.9 Å². The Kier molecular flexibility index (Phi) is 4.46. The quantitative estimate of drug-likeness (QED) is 0.805. The van der Waals surface area contributed by atoms with E-state index in [-0.39, 0.29) is 0 Å². The maximum absolute atomic E-state index is 10.5. The van der Waals surface area contributed by atoms with Crippen LogP contribution < -0.4 is 4.74 Å². The van der Waals surface area contributed by atoms with Crippen molar-refractivity contribution in [2.45, 2.75) is 18.9 Å². The van der Waals surface area contributed by atoms with Crippen LogP contribution in [0.3, 0.4) is 0 Å². The molecule has 0 amide bonds. The van der Waals surface area contributed by atoms with Crippen LogP contribution in [0.2, 0.25) is 10.0 Å². The van der Waals surface area contributed by atoms with E-state index in [1.165, 1.54) is 0 Å². The highest BCUT2D eigenvalue weighted by atomic mass is 79.9. The zero-order valence-corrected chi connectivity index (χ0v) is 14.2. The molecule has 0 saturated heterocycles. The van der Waals surface area contributed by atoms with Gasteiger partial charge in [-0.25, -0.2) is 0 Å². The van der Waals surface area contributed by atoms with Crippen molar-refractivity contribution < 1.29 is 9.84 Å². The van der Waals surface area contributed by atoms with E-state index in [1.807, 2.05) is 18.2 Å². The molecular formula is C16H13BrCl2O2. The van der Waals surface area contributed by atoms with Crippen LogP contribution in [0.25, 0.3) is 0 Å². The smallest absolute Gasteiger partial charge is 0.126 e. The molecule has 0 fully saturated rings. The second-order valence-electron chi connectivity index (χ2n) is 5.07. The molecule has 5 heteroatoms. The molecule has 2 aromatic carbocycles. The molecule has 0 bridgehead atoms. The second kappa shape index (κ2) is 6.17. The first-order chi connectivity index (χ1) is 10.0. The van der Waals surface area contributed by atoms with E-state index in [0.29, 0.717) is 23.1 Å². The molecule has 1 heterocycles. The third-order valence-electron chi connectivity index (χ3n) is 3.51. The fourth-order valence-electron chi connectivity index (χ4n) is 2.59. The summed E-state index contributed by atoms with van der Waals surface area (Å²) in [6.07, 6.45) is 0.643. The van der Waals surface area contributed by atoms with E-state index in [9.17, 15) is 5.11 Å². The molecule has 1 N–H and O–H groups in total. The summed E-state index contributed by atoms with van der Waals surface area (Å²) < 4.78 is 6.51. The number of benzene rings is 2. The minimum absolute atomic E-state index is 0.440. The summed E-state index contributed by atoms with van der Waals surface area (Å²) in [5.41, 5.74) is 2.80. The Balaban J connectivity index is 1.90. The van der Waals surface area contributed by atoms with Crippen LogP contribution in [0.15, 0.2) is 34.8 Å². The third-order valence-corrected chi connectivity index (χ3v) is 4.40. The van der Waals surface area contributed by atoms with Gasteiger partial charge in [-0.05, 0) is 47.0 Å². The Hall–Kier alpha value is -0.740. The maximum atomic E-state index is 10.5. The minimum atomic E-state index is -0.660. The van der Waals surface area contributed by atoms with Gasteiger partial charge in [0.2, 0.25) is 0 Å². The highest BCUT2D eigenvalue weighted by Gasteiger charge is 2.20. The van der Waals surface area contributed by atoms with Gasteiger partial charge in [0.05, 0.1) is 12.7 Å². The third kappa shape index (κ3) is 3.37. The first-order valence-corrected chi connectivity index (χ1v) is 8.16. The SMILES string of the molecule is OC(Cc1cc(Cl)cc2c1OCC2)c1cc(Cl)cc(Br)c1. The Bertz CT molecular complexity index is 668. The van der Waals surface area contributed by atoms with E-state index in [2.05, 4.69) is 15.9 Å². The zero-order chi connectivity index (χ0) is 15.0. The maximum Gasteiger partial charge on any atom is 0.126 e. The lowest BCUT2D eigenvalue weighted by atomic mass is 9.99. The van der Waals surface area contributed by atoms with Crippen molar-refractivity contribution in [1.82, 2.24) is 0 Å². The number of rotatable bonds is 3. The molecule has 3 rings (SSSR count). The summed E-state index contributed by atoms with van der Waals surface area (Å²) in [5, 5.41) is 11.7. The number of halogens is 3. The summed E-state index contributed by atoms with van der Waals surface area (Å²) >= 11 is 15.6. The fraction of sp³-hybridized carbons (Fsp3) is 0.250. The van der Waals surface area contributed by atoms with Gasteiger partial charge in [-0.3, -0.25) is 0 Å². The van der Waals surface area contributed by atoms with Crippen molar-refractivity contribution in [2.24, 2.45) is 0 Å². The van der Waals surface area contributed by atoms with Crippen LogP contribution in [-0.2, 0) is 12.8 Å². The van der Waals surface area contributed by atoms with Crippen LogP contribution in [0.4, 0.5) is 0 Å². The average molecular weight is 388 g/mol. The largest absolute Gasteiger partial charge is 0.493 e. The van der Waals surface area contributed by atoms with Crippen molar-refractivity contribution in [3.8, 4) is 5.75 Å².